The number of aryl methyl sites for hydroxylation is 1. The van der Waals surface area contributed by atoms with Crippen LogP contribution in [0.25, 0.3) is 0 Å². The number of halogens is 1. The van der Waals surface area contributed by atoms with Crippen molar-refractivity contribution in [3.63, 3.8) is 0 Å². The van der Waals surface area contributed by atoms with Crippen molar-refractivity contribution in [2.45, 2.75) is 13.3 Å². The van der Waals surface area contributed by atoms with E-state index in [-0.39, 0.29) is 5.91 Å². The lowest BCUT2D eigenvalue weighted by atomic mass is 10.1. The first kappa shape index (κ1) is 14.1. The molecule has 2 aromatic carbocycles. The van der Waals surface area contributed by atoms with Crippen molar-refractivity contribution in [1.82, 2.24) is 5.32 Å². The van der Waals surface area contributed by atoms with E-state index in [1.54, 1.807) is 13.0 Å². The van der Waals surface area contributed by atoms with Crippen LogP contribution in [0.5, 0.6) is 0 Å². The number of anilines is 1. The van der Waals surface area contributed by atoms with Crippen LogP contribution in [0.4, 0.5) is 10.1 Å². The average Bonchev–Trinajstić information content (AvgIpc) is 2.43. The largest absolute Gasteiger partial charge is 0.399 e. The Hall–Kier alpha value is -2.36. The molecule has 3 N–H and O–H groups in total. The topological polar surface area (TPSA) is 55.1 Å². The zero-order valence-electron chi connectivity index (χ0n) is 11.3. The number of carbonyl (C=O) groups is 1. The summed E-state index contributed by atoms with van der Waals surface area (Å²) in [7, 11) is 0. The van der Waals surface area contributed by atoms with Crippen LogP contribution in [0.2, 0.25) is 0 Å². The van der Waals surface area contributed by atoms with Gasteiger partial charge in [-0.05, 0) is 48.7 Å². The maximum Gasteiger partial charge on any atom is 0.251 e. The summed E-state index contributed by atoms with van der Waals surface area (Å²) in [6, 6.07) is 11.7. The average molecular weight is 272 g/mol. The molecule has 0 saturated carbocycles. The maximum absolute atomic E-state index is 13.1. The molecule has 3 nitrogen and oxygen atoms in total. The molecule has 0 unspecified atom stereocenters. The van der Waals surface area contributed by atoms with Crippen molar-refractivity contribution in [2.75, 3.05) is 12.3 Å². The van der Waals surface area contributed by atoms with E-state index >= 15 is 0 Å². The number of nitrogens with one attached hydrogen (secondary N) is 1. The van der Waals surface area contributed by atoms with Gasteiger partial charge in [0.1, 0.15) is 5.82 Å². The zero-order chi connectivity index (χ0) is 14.5. The minimum absolute atomic E-state index is 0.252. The highest BCUT2D eigenvalue weighted by Gasteiger charge is 2.09. The SMILES string of the molecule is Cc1ccc(F)cc1C(=O)NCCc1ccc(N)cc1. The minimum atomic E-state index is -0.403. The molecule has 0 aliphatic carbocycles. The van der Waals surface area contributed by atoms with Crippen LogP contribution in [0.3, 0.4) is 0 Å². The summed E-state index contributed by atoms with van der Waals surface area (Å²) >= 11 is 0. The van der Waals surface area contributed by atoms with E-state index in [0.717, 1.165) is 11.1 Å². The summed E-state index contributed by atoms with van der Waals surface area (Å²) < 4.78 is 13.1. The molecule has 1 amide bonds. The van der Waals surface area contributed by atoms with Crippen molar-refractivity contribution >= 4 is 11.6 Å². The maximum atomic E-state index is 13.1. The Balaban J connectivity index is 1.92. The molecule has 4 heteroatoms. The Morgan fingerprint density at radius 1 is 1.20 bits per heavy atom. The lowest BCUT2D eigenvalue weighted by Gasteiger charge is -2.08. The number of nitrogen functional groups attached to an aromatic ring is 1. The van der Waals surface area contributed by atoms with Gasteiger partial charge in [-0.3, -0.25) is 4.79 Å². The number of carbonyl (C=O) groups excluding carboxylic acids is 1. The molecule has 0 spiro atoms. The van der Waals surface area contributed by atoms with Crippen LogP contribution in [0.1, 0.15) is 21.5 Å². The van der Waals surface area contributed by atoms with Crippen molar-refractivity contribution in [1.29, 1.82) is 0 Å². The molecular formula is C16H17FN2O. The van der Waals surface area contributed by atoms with Gasteiger partial charge in [-0.25, -0.2) is 4.39 Å². The molecule has 2 rings (SSSR count). The van der Waals surface area contributed by atoms with Gasteiger partial charge < -0.3 is 11.1 Å². The first-order valence-electron chi connectivity index (χ1n) is 6.45. The molecule has 0 atom stereocenters. The Labute approximate surface area is 117 Å². The van der Waals surface area contributed by atoms with E-state index in [0.29, 0.717) is 24.2 Å². The van der Waals surface area contributed by atoms with Crippen molar-refractivity contribution in [3.05, 3.63) is 65.0 Å². The van der Waals surface area contributed by atoms with Gasteiger partial charge in [-0.15, -0.1) is 0 Å². The third-order valence-electron chi connectivity index (χ3n) is 3.12. The zero-order valence-corrected chi connectivity index (χ0v) is 11.3. The van der Waals surface area contributed by atoms with Crippen LogP contribution >= 0.6 is 0 Å². The predicted octanol–water partition coefficient (Wildman–Crippen LogP) is 2.69. The van der Waals surface area contributed by atoms with E-state index in [9.17, 15) is 9.18 Å². The summed E-state index contributed by atoms with van der Waals surface area (Å²) in [4.78, 5) is 12.0. The Morgan fingerprint density at radius 2 is 1.90 bits per heavy atom. The molecule has 0 aliphatic rings. The fourth-order valence-corrected chi connectivity index (χ4v) is 1.94. The number of nitrogens with two attached hydrogens (primary N) is 1. The second-order valence-electron chi connectivity index (χ2n) is 4.71. The van der Waals surface area contributed by atoms with Crippen LogP contribution in [-0.2, 0) is 6.42 Å². The quantitative estimate of drug-likeness (QED) is 0.841. The van der Waals surface area contributed by atoms with Gasteiger partial charge in [0, 0.05) is 17.8 Å². The number of hydrogen-bond acceptors (Lipinski definition) is 2. The van der Waals surface area contributed by atoms with Gasteiger partial charge in [0.05, 0.1) is 0 Å². The highest BCUT2D eigenvalue weighted by Crippen LogP contribution is 2.10. The second kappa shape index (κ2) is 6.19. The van der Waals surface area contributed by atoms with Crippen molar-refractivity contribution in [3.8, 4) is 0 Å². The van der Waals surface area contributed by atoms with Crippen LogP contribution < -0.4 is 11.1 Å². The first-order valence-corrected chi connectivity index (χ1v) is 6.45. The van der Waals surface area contributed by atoms with E-state index in [1.165, 1.54) is 12.1 Å². The van der Waals surface area contributed by atoms with Gasteiger partial charge in [-0.1, -0.05) is 18.2 Å². The third kappa shape index (κ3) is 3.57. The number of benzene rings is 2. The number of rotatable bonds is 4. The summed E-state index contributed by atoms with van der Waals surface area (Å²) in [5, 5.41) is 2.79. The second-order valence-corrected chi connectivity index (χ2v) is 4.71. The van der Waals surface area contributed by atoms with Gasteiger partial charge >= 0.3 is 0 Å². The number of hydrogen-bond donors (Lipinski definition) is 2. The van der Waals surface area contributed by atoms with E-state index in [1.807, 2.05) is 24.3 Å². The Kier molecular flexibility index (Phi) is 4.35. The highest BCUT2D eigenvalue weighted by molar-refractivity contribution is 5.95. The monoisotopic (exact) mass is 272 g/mol. The fourth-order valence-electron chi connectivity index (χ4n) is 1.94. The molecule has 0 aromatic heterocycles. The molecule has 0 aliphatic heterocycles. The van der Waals surface area contributed by atoms with Gasteiger partial charge in [0.15, 0.2) is 0 Å². The summed E-state index contributed by atoms with van der Waals surface area (Å²) in [5.41, 5.74) is 8.55. The van der Waals surface area contributed by atoms with Crippen molar-refractivity contribution in [2.24, 2.45) is 0 Å². The summed E-state index contributed by atoms with van der Waals surface area (Å²) in [6.45, 7) is 2.28. The lowest BCUT2D eigenvalue weighted by molar-refractivity contribution is 0.0953. The molecule has 0 bridgehead atoms. The van der Waals surface area contributed by atoms with E-state index in [4.69, 9.17) is 5.73 Å². The molecule has 2 aromatic rings. The van der Waals surface area contributed by atoms with Gasteiger partial charge in [0.25, 0.3) is 5.91 Å². The Morgan fingerprint density at radius 3 is 2.60 bits per heavy atom. The van der Waals surface area contributed by atoms with E-state index < -0.39 is 5.82 Å². The first-order chi connectivity index (χ1) is 9.56. The van der Waals surface area contributed by atoms with Crippen LogP contribution in [0, 0.1) is 12.7 Å². The molecule has 0 fully saturated rings. The normalized spacial score (nSPS) is 10.3. The van der Waals surface area contributed by atoms with Crippen LogP contribution in [0.15, 0.2) is 42.5 Å². The smallest absolute Gasteiger partial charge is 0.251 e. The summed E-state index contributed by atoms with van der Waals surface area (Å²) in [6.07, 6.45) is 0.709. The molecule has 20 heavy (non-hydrogen) atoms. The Bertz CT molecular complexity index is 608. The molecular weight excluding hydrogens is 255 g/mol. The highest BCUT2D eigenvalue weighted by atomic mass is 19.1. The molecule has 0 radical (unpaired) electrons. The van der Waals surface area contributed by atoms with Crippen molar-refractivity contribution < 1.29 is 9.18 Å². The van der Waals surface area contributed by atoms with Crippen LogP contribution in [-0.4, -0.2) is 12.5 Å². The van der Waals surface area contributed by atoms with E-state index in [2.05, 4.69) is 5.32 Å². The fraction of sp³-hybridized carbons (Fsp3) is 0.188. The van der Waals surface area contributed by atoms with Gasteiger partial charge in [0.2, 0.25) is 0 Å². The molecule has 104 valence electrons. The number of amides is 1. The predicted molar refractivity (Wildman–Crippen MR) is 78.0 cm³/mol. The summed E-state index contributed by atoms with van der Waals surface area (Å²) in [5.74, 6) is -0.656. The molecule has 0 saturated heterocycles. The standard InChI is InChI=1S/C16H17FN2O/c1-11-2-5-13(17)10-15(11)16(20)19-9-8-12-3-6-14(18)7-4-12/h2-7,10H,8-9,18H2,1H3,(H,19,20). The molecule has 0 heterocycles. The lowest BCUT2D eigenvalue weighted by Crippen LogP contribution is -2.26. The third-order valence-corrected chi connectivity index (χ3v) is 3.12. The minimum Gasteiger partial charge on any atom is -0.399 e. The van der Waals surface area contributed by atoms with Gasteiger partial charge in [-0.2, -0.15) is 0 Å².